The largest absolute Gasteiger partial charge is 0.352 e. The number of hydrogen-bond donors (Lipinski definition) is 2. The van der Waals surface area contributed by atoms with E-state index in [9.17, 15) is 14.0 Å². The smallest absolute Gasteiger partial charge is 0.258 e. The Labute approximate surface area is 145 Å². The van der Waals surface area contributed by atoms with Crippen molar-refractivity contribution in [2.24, 2.45) is 5.92 Å². The van der Waals surface area contributed by atoms with E-state index in [1.165, 1.54) is 12.1 Å². The van der Waals surface area contributed by atoms with Gasteiger partial charge >= 0.3 is 0 Å². The molecule has 0 aliphatic carbocycles. The van der Waals surface area contributed by atoms with E-state index in [4.69, 9.17) is 11.6 Å². The topological polar surface area (TPSA) is 58.2 Å². The number of amides is 2. The van der Waals surface area contributed by atoms with Crippen molar-refractivity contribution in [2.45, 2.75) is 13.8 Å². The Hall–Kier alpha value is -2.40. The van der Waals surface area contributed by atoms with Crippen LogP contribution in [0.1, 0.15) is 34.6 Å². The van der Waals surface area contributed by atoms with Crippen molar-refractivity contribution in [1.29, 1.82) is 0 Å². The van der Waals surface area contributed by atoms with Crippen molar-refractivity contribution >= 4 is 29.1 Å². The van der Waals surface area contributed by atoms with Gasteiger partial charge in [-0.25, -0.2) is 4.39 Å². The quantitative estimate of drug-likeness (QED) is 0.854. The predicted octanol–water partition coefficient (Wildman–Crippen LogP) is 4.12. The molecule has 0 aliphatic rings. The Morgan fingerprint density at radius 3 is 2.46 bits per heavy atom. The second-order valence-corrected chi connectivity index (χ2v) is 6.16. The summed E-state index contributed by atoms with van der Waals surface area (Å²) >= 11 is 5.68. The second kappa shape index (κ2) is 7.93. The van der Waals surface area contributed by atoms with Gasteiger partial charge in [-0.3, -0.25) is 9.59 Å². The fraction of sp³-hybridized carbons (Fsp3) is 0.222. The normalized spacial score (nSPS) is 10.5. The number of anilines is 1. The molecule has 126 valence electrons. The lowest BCUT2D eigenvalue weighted by Gasteiger charge is -2.13. The summed E-state index contributed by atoms with van der Waals surface area (Å²) in [5, 5.41) is 5.57. The van der Waals surface area contributed by atoms with E-state index in [0.29, 0.717) is 23.7 Å². The van der Waals surface area contributed by atoms with E-state index in [1.54, 1.807) is 24.3 Å². The summed E-state index contributed by atoms with van der Waals surface area (Å²) in [7, 11) is 0. The Balaban J connectivity index is 2.20. The molecular weight excluding hydrogens is 331 g/mol. The summed E-state index contributed by atoms with van der Waals surface area (Å²) in [6.45, 7) is 4.49. The lowest BCUT2D eigenvalue weighted by molar-refractivity contribution is 0.0950. The van der Waals surface area contributed by atoms with E-state index >= 15 is 0 Å². The summed E-state index contributed by atoms with van der Waals surface area (Å²) in [6, 6.07) is 10.4. The Bertz CT molecular complexity index is 762. The van der Waals surface area contributed by atoms with Crippen LogP contribution in [0, 0.1) is 11.7 Å². The second-order valence-electron chi connectivity index (χ2n) is 5.73. The molecule has 0 aliphatic heterocycles. The molecule has 2 N–H and O–H groups in total. The van der Waals surface area contributed by atoms with Crippen LogP contribution in [-0.2, 0) is 0 Å². The van der Waals surface area contributed by atoms with Gasteiger partial charge in [-0.2, -0.15) is 0 Å². The maximum atomic E-state index is 13.8. The van der Waals surface area contributed by atoms with E-state index in [0.717, 1.165) is 6.07 Å². The zero-order valence-electron chi connectivity index (χ0n) is 13.4. The Morgan fingerprint density at radius 2 is 1.79 bits per heavy atom. The number of nitrogens with one attached hydrogen (secondary N) is 2. The molecule has 0 saturated heterocycles. The fourth-order valence-electron chi connectivity index (χ4n) is 2.05. The zero-order chi connectivity index (χ0) is 17.7. The van der Waals surface area contributed by atoms with Gasteiger partial charge in [-0.05, 0) is 36.2 Å². The molecule has 0 fully saturated rings. The molecule has 2 amide bonds. The molecule has 2 aromatic carbocycles. The van der Waals surface area contributed by atoms with Gasteiger partial charge in [-0.1, -0.05) is 37.6 Å². The maximum Gasteiger partial charge on any atom is 0.258 e. The van der Waals surface area contributed by atoms with Crippen LogP contribution in [0.15, 0.2) is 42.5 Å². The highest BCUT2D eigenvalue weighted by atomic mass is 35.5. The van der Waals surface area contributed by atoms with E-state index in [1.807, 2.05) is 13.8 Å². The fourth-order valence-corrected chi connectivity index (χ4v) is 2.20. The third-order valence-corrected chi connectivity index (χ3v) is 3.50. The van der Waals surface area contributed by atoms with E-state index in [-0.39, 0.29) is 16.5 Å². The van der Waals surface area contributed by atoms with Crippen LogP contribution < -0.4 is 10.6 Å². The lowest BCUT2D eigenvalue weighted by Crippen LogP contribution is -2.28. The van der Waals surface area contributed by atoms with Gasteiger partial charge in [0.2, 0.25) is 0 Å². The number of carbonyl (C=O) groups is 2. The third kappa shape index (κ3) is 4.55. The van der Waals surface area contributed by atoms with Crippen molar-refractivity contribution in [1.82, 2.24) is 5.32 Å². The number of halogens is 2. The highest BCUT2D eigenvalue weighted by Crippen LogP contribution is 2.19. The molecule has 0 bridgehead atoms. The van der Waals surface area contributed by atoms with Gasteiger partial charge in [0.15, 0.2) is 0 Å². The van der Waals surface area contributed by atoms with Crippen LogP contribution in [0.2, 0.25) is 5.02 Å². The van der Waals surface area contributed by atoms with Crippen molar-refractivity contribution in [3.8, 4) is 0 Å². The molecule has 4 nitrogen and oxygen atoms in total. The van der Waals surface area contributed by atoms with Gasteiger partial charge in [0.1, 0.15) is 5.82 Å². The van der Waals surface area contributed by atoms with Gasteiger partial charge < -0.3 is 10.6 Å². The first-order chi connectivity index (χ1) is 11.4. The van der Waals surface area contributed by atoms with Crippen molar-refractivity contribution in [3.63, 3.8) is 0 Å². The van der Waals surface area contributed by atoms with Crippen LogP contribution in [0.3, 0.4) is 0 Å². The minimum atomic E-state index is -0.721. The Morgan fingerprint density at radius 1 is 1.08 bits per heavy atom. The van der Waals surface area contributed by atoms with Crippen molar-refractivity contribution in [2.75, 3.05) is 11.9 Å². The first kappa shape index (κ1) is 17.9. The highest BCUT2D eigenvalue weighted by molar-refractivity contribution is 6.30. The summed E-state index contributed by atoms with van der Waals surface area (Å²) in [5.74, 6) is -1.36. The minimum absolute atomic E-state index is 0.142. The summed E-state index contributed by atoms with van der Waals surface area (Å²) in [5.41, 5.74) is 0.496. The molecule has 0 spiro atoms. The first-order valence-electron chi connectivity index (χ1n) is 7.52. The maximum absolute atomic E-state index is 13.8. The average Bonchev–Trinajstić information content (AvgIpc) is 2.53. The van der Waals surface area contributed by atoms with E-state index in [2.05, 4.69) is 10.6 Å². The molecule has 2 rings (SSSR count). The van der Waals surface area contributed by atoms with Crippen LogP contribution in [0.25, 0.3) is 0 Å². The van der Waals surface area contributed by atoms with Crippen LogP contribution in [0.5, 0.6) is 0 Å². The number of para-hydroxylation sites is 1. The molecule has 24 heavy (non-hydrogen) atoms. The molecule has 0 heterocycles. The molecule has 0 atom stereocenters. The summed E-state index contributed by atoms with van der Waals surface area (Å²) < 4.78 is 13.8. The summed E-state index contributed by atoms with van der Waals surface area (Å²) in [4.78, 5) is 24.5. The average molecular weight is 349 g/mol. The van der Waals surface area contributed by atoms with Crippen LogP contribution >= 0.6 is 11.6 Å². The number of hydrogen-bond acceptors (Lipinski definition) is 2. The van der Waals surface area contributed by atoms with Crippen molar-refractivity contribution < 1.29 is 14.0 Å². The number of benzene rings is 2. The van der Waals surface area contributed by atoms with Gasteiger partial charge in [-0.15, -0.1) is 0 Å². The van der Waals surface area contributed by atoms with Gasteiger partial charge in [0, 0.05) is 11.6 Å². The monoisotopic (exact) mass is 348 g/mol. The number of rotatable bonds is 5. The lowest BCUT2D eigenvalue weighted by atomic mass is 10.1. The summed E-state index contributed by atoms with van der Waals surface area (Å²) in [6.07, 6.45) is 0. The number of carbonyl (C=O) groups excluding carboxylic acids is 2. The van der Waals surface area contributed by atoms with Crippen LogP contribution in [-0.4, -0.2) is 18.4 Å². The molecule has 0 radical (unpaired) electrons. The standard InChI is InChI=1S/C18H18ClFN2O2/c1-11(2)10-21-17(23)14-5-3-4-6-16(14)22-18(24)13-8-7-12(19)9-15(13)20/h3-9,11H,10H2,1-2H3,(H,21,23)(H,22,24). The first-order valence-corrected chi connectivity index (χ1v) is 7.90. The third-order valence-electron chi connectivity index (χ3n) is 3.27. The SMILES string of the molecule is CC(C)CNC(=O)c1ccccc1NC(=O)c1ccc(Cl)cc1F. The van der Waals surface area contributed by atoms with E-state index < -0.39 is 11.7 Å². The van der Waals surface area contributed by atoms with Crippen molar-refractivity contribution in [3.05, 3.63) is 64.4 Å². The molecule has 6 heteroatoms. The van der Waals surface area contributed by atoms with Gasteiger partial charge in [0.25, 0.3) is 11.8 Å². The predicted molar refractivity (Wildman–Crippen MR) is 93.0 cm³/mol. The zero-order valence-corrected chi connectivity index (χ0v) is 14.2. The molecule has 0 unspecified atom stereocenters. The molecule has 2 aromatic rings. The highest BCUT2D eigenvalue weighted by Gasteiger charge is 2.16. The van der Waals surface area contributed by atoms with Gasteiger partial charge in [0.05, 0.1) is 16.8 Å². The Kier molecular flexibility index (Phi) is 5.93. The van der Waals surface area contributed by atoms with Crippen LogP contribution in [0.4, 0.5) is 10.1 Å². The minimum Gasteiger partial charge on any atom is -0.352 e. The molecule has 0 aromatic heterocycles. The molecular formula is C18H18ClFN2O2. The molecule has 0 saturated carbocycles.